The lowest BCUT2D eigenvalue weighted by atomic mass is 10.1. The van der Waals surface area contributed by atoms with Crippen molar-refractivity contribution in [2.45, 2.75) is 43.4 Å². The molecule has 1 N–H and O–H groups in total. The van der Waals surface area contributed by atoms with Crippen molar-refractivity contribution in [2.75, 3.05) is 6.61 Å². The third kappa shape index (κ3) is 5.08. The normalized spacial score (nSPS) is 12.4. The third-order valence-electron chi connectivity index (χ3n) is 4.05. The quantitative estimate of drug-likeness (QED) is 0.700. The maximum absolute atomic E-state index is 13.1. The van der Waals surface area contributed by atoms with Gasteiger partial charge < -0.3 is 10.1 Å². The zero-order chi connectivity index (χ0) is 19.0. The Kier molecular flexibility index (Phi) is 7.21. The summed E-state index contributed by atoms with van der Waals surface area (Å²) in [5.41, 5.74) is 1.59. The fourth-order valence-electron chi connectivity index (χ4n) is 2.47. The van der Waals surface area contributed by atoms with Crippen LogP contribution in [0.25, 0.3) is 0 Å². The highest BCUT2D eigenvalue weighted by molar-refractivity contribution is 7.91. The molecule has 140 valence electrons. The van der Waals surface area contributed by atoms with Crippen LogP contribution in [0.2, 0.25) is 0 Å². The number of amides is 1. The van der Waals surface area contributed by atoms with Gasteiger partial charge in [-0.25, -0.2) is 13.2 Å². The number of benzene rings is 2. The van der Waals surface area contributed by atoms with E-state index in [1.54, 1.807) is 30.3 Å². The lowest BCUT2D eigenvalue weighted by molar-refractivity contribution is 0.143. The molecule has 1 atom stereocenters. The summed E-state index contributed by atoms with van der Waals surface area (Å²) in [5, 5.41) is 1.32. The van der Waals surface area contributed by atoms with Gasteiger partial charge in [0.25, 0.3) is 0 Å². The first kappa shape index (κ1) is 20.0. The lowest BCUT2D eigenvalue weighted by Crippen LogP contribution is -2.34. The molecule has 0 fully saturated rings. The minimum Gasteiger partial charge on any atom is -0.450 e. The Balaban J connectivity index is 2.33. The fourth-order valence-corrected chi connectivity index (χ4v) is 4.05. The Morgan fingerprint density at radius 1 is 1.04 bits per heavy atom. The molecule has 2 aromatic rings. The molecule has 0 spiro atoms. The fraction of sp³-hybridized carbons (Fsp3) is 0.350. The van der Waals surface area contributed by atoms with Crippen LogP contribution < -0.4 is 5.32 Å². The van der Waals surface area contributed by atoms with E-state index in [0.29, 0.717) is 5.56 Å². The highest BCUT2D eigenvalue weighted by Crippen LogP contribution is 2.27. The molecule has 2 rings (SSSR count). The molecule has 0 radical (unpaired) electrons. The summed E-state index contributed by atoms with van der Waals surface area (Å²) < 4.78 is 31.3. The van der Waals surface area contributed by atoms with Crippen LogP contribution in [0.1, 0.15) is 43.2 Å². The summed E-state index contributed by atoms with van der Waals surface area (Å²) in [6.07, 6.45) is 1.73. The van der Waals surface area contributed by atoms with E-state index in [4.69, 9.17) is 4.74 Å². The zero-order valence-electron chi connectivity index (χ0n) is 15.1. The van der Waals surface area contributed by atoms with Crippen LogP contribution in [0.5, 0.6) is 0 Å². The van der Waals surface area contributed by atoms with E-state index in [1.165, 1.54) is 12.1 Å². The van der Waals surface area contributed by atoms with Gasteiger partial charge in [0.05, 0.1) is 11.5 Å². The van der Waals surface area contributed by atoms with Crippen LogP contribution in [0.4, 0.5) is 4.79 Å². The minimum atomic E-state index is -3.81. The van der Waals surface area contributed by atoms with Gasteiger partial charge in [0, 0.05) is 0 Å². The number of unbranched alkanes of at least 4 members (excludes halogenated alkanes) is 1. The topological polar surface area (TPSA) is 72.5 Å². The second-order valence-corrected chi connectivity index (χ2v) is 8.00. The van der Waals surface area contributed by atoms with Gasteiger partial charge in [0.15, 0.2) is 5.37 Å². The molecule has 0 saturated carbocycles. The predicted octanol–water partition coefficient (Wildman–Crippen LogP) is 4.25. The van der Waals surface area contributed by atoms with E-state index in [1.807, 2.05) is 26.0 Å². The van der Waals surface area contributed by atoms with Crippen molar-refractivity contribution in [3.8, 4) is 0 Å². The number of carbonyl (C=O) groups excluding carboxylic acids is 1. The number of hydrogen-bond donors (Lipinski definition) is 1. The van der Waals surface area contributed by atoms with Crippen molar-refractivity contribution in [3.63, 3.8) is 0 Å². The van der Waals surface area contributed by atoms with Gasteiger partial charge in [0.2, 0.25) is 9.84 Å². The predicted molar refractivity (Wildman–Crippen MR) is 102 cm³/mol. The summed E-state index contributed by atoms with van der Waals surface area (Å²) in [4.78, 5) is 12.3. The molecular formula is C20H25NO4S. The Hall–Kier alpha value is -2.34. The largest absolute Gasteiger partial charge is 0.450 e. The smallest absolute Gasteiger partial charge is 0.408 e. The zero-order valence-corrected chi connectivity index (χ0v) is 16.0. The molecule has 26 heavy (non-hydrogen) atoms. The van der Waals surface area contributed by atoms with E-state index in [9.17, 15) is 13.2 Å². The van der Waals surface area contributed by atoms with Crippen LogP contribution in [0.15, 0.2) is 59.5 Å². The molecule has 0 aliphatic rings. The SMILES string of the molecule is CCCCOC(=O)NC(c1ccc(CC)cc1)S(=O)(=O)c1ccccc1. The van der Waals surface area contributed by atoms with Gasteiger partial charge in [0.1, 0.15) is 0 Å². The number of aryl methyl sites for hydroxylation is 1. The molecule has 5 nitrogen and oxygen atoms in total. The van der Waals surface area contributed by atoms with Gasteiger partial charge in [-0.1, -0.05) is 62.7 Å². The van der Waals surface area contributed by atoms with E-state index in [0.717, 1.165) is 24.8 Å². The van der Waals surface area contributed by atoms with Gasteiger partial charge >= 0.3 is 6.09 Å². The minimum absolute atomic E-state index is 0.151. The molecule has 0 heterocycles. The van der Waals surface area contributed by atoms with Crippen molar-refractivity contribution >= 4 is 15.9 Å². The van der Waals surface area contributed by atoms with Crippen LogP contribution in [-0.2, 0) is 21.0 Å². The maximum Gasteiger partial charge on any atom is 0.408 e. The van der Waals surface area contributed by atoms with E-state index in [2.05, 4.69) is 5.32 Å². The molecular weight excluding hydrogens is 350 g/mol. The molecule has 6 heteroatoms. The van der Waals surface area contributed by atoms with Crippen molar-refractivity contribution in [1.82, 2.24) is 5.32 Å². The number of carbonyl (C=O) groups is 1. The Labute approximate surface area is 155 Å². The number of rotatable bonds is 8. The average Bonchev–Trinajstić information content (AvgIpc) is 2.67. The molecule has 1 unspecified atom stereocenters. The monoisotopic (exact) mass is 375 g/mol. The van der Waals surface area contributed by atoms with Crippen LogP contribution >= 0.6 is 0 Å². The summed E-state index contributed by atoms with van der Waals surface area (Å²) in [6, 6.07) is 15.3. The Morgan fingerprint density at radius 2 is 1.69 bits per heavy atom. The standard InChI is InChI=1S/C20H25NO4S/c1-3-5-15-25-20(22)21-19(17-13-11-16(4-2)12-14-17)26(23,24)18-9-7-6-8-10-18/h6-14,19H,3-5,15H2,1-2H3,(H,21,22). The average molecular weight is 375 g/mol. The molecule has 0 bridgehead atoms. The molecule has 0 saturated heterocycles. The summed E-state index contributed by atoms with van der Waals surface area (Å²) >= 11 is 0. The van der Waals surface area contributed by atoms with E-state index < -0.39 is 21.3 Å². The molecule has 0 aliphatic carbocycles. The Morgan fingerprint density at radius 3 is 2.27 bits per heavy atom. The summed E-state index contributed by atoms with van der Waals surface area (Å²) in [7, 11) is -3.81. The summed E-state index contributed by atoms with van der Waals surface area (Å²) in [5.74, 6) is 0. The first-order valence-electron chi connectivity index (χ1n) is 8.80. The number of ether oxygens (including phenoxy) is 1. The van der Waals surface area contributed by atoms with E-state index >= 15 is 0 Å². The number of sulfone groups is 1. The van der Waals surface area contributed by atoms with Crippen molar-refractivity contribution in [3.05, 3.63) is 65.7 Å². The van der Waals surface area contributed by atoms with Crippen molar-refractivity contribution in [2.24, 2.45) is 0 Å². The molecule has 2 aromatic carbocycles. The van der Waals surface area contributed by atoms with Crippen molar-refractivity contribution < 1.29 is 17.9 Å². The maximum atomic E-state index is 13.1. The number of alkyl carbamates (subject to hydrolysis) is 1. The van der Waals surface area contributed by atoms with Gasteiger partial charge in [-0.15, -0.1) is 0 Å². The first-order chi connectivity index (χ1) is 12.5. The highest BCUT2D eigenvalue weighted by Gasteiger charge is 2.31. The third-order valence-corrected chi connectivity index (χ3v) is 5.99. The Bertz CT molecular complexity index is 801. The van der Waals surface area contributed by atoms with E-state index in [-0.39, 0.29) is 11.5 Å². The molecule has 0 aromatic heterocycles. The highest BCUT2D eigenvalue weighted by atomic mass is 32.2. The first-order valence-corrected chi connectivity index (χ1v) is 10.3. The van der Waals surface area contributed by atoms with Gasteiger partial charge in [-0.2, -0.15) is 0 Å². The van der Waals surface area contributed by atoms with Crippen LogP contribution in [0, 0.1) is 0 Å². The van der Waals surface area contributed by atoms with Gasteiger partial charge in [-0.05, 0) is 36.1 Å². The number of hydrogen-bond acceptors (Lipinski definition) is 4. The summed E-state index contributed by atoms with van der Waals surface area (Å²) in [6.45, 7) is 4.27. The van der Waals surface area contributed by atoms with Crippen LogP contribution in [-0.4, -0.2) is 21.1 Å². The lowest BCUT2D eigenvalue weighted by Gasteiger charge is -2.20. The van der Waals surface area contributed by atoms with Crippen molar-refractivity contribution in [1.29, 1.82) is 0 Å². The molecule has 0 aliphatic heterocycles. The second kappa shape index (κ2) is 9.38. The van der Waals surface area contributed by atoms with Gasteiger partial charge in [-0.3, -0.25) is 0 Å². The molecule has 1 amide bonds. The second-order valence-electron chi connectivity index (χ2n) is 5.97. The van der Waals surface area contributed by atoms with Crippen LogP contribution in [0.3, 0.4) is 0 Å². The number of nitrogens with one attached hydrogen (secondary N) is 1.